The van der Waals surface area contributed by atoms with Gasteiger partial charge in [-0.05, 0) is 31.9 Å². The largest absolute Gasteiger partial charge is 0.490 e. The van der Waals surface area contributed by atoms with Crippen LogP contribution in [0.4, 0.5) is 0 Å². The number of carbonyl (C=O) groups is 1. The molecule has 3 rings (SSSR count). The molecule has 1 amide bonds. The lowest BCUT2D eigenvalue weighted by atomic mass is 9.98. The molecule has 0 radical (unpaired) electrons. The van der Waals surface area contributed by atoms with E-state index in [1.54, 1.807) is 12.4 Å². The van der Waals surface area contributed by atoms with Gasteiger partial charge in [0.05, 0.1) is 0 Å². The van der Waals surface area contributed by atoms with Gasteiger partial charge in [-0.25, -0.2) is 0 Å². The Labute approximate surface area is 125 Å². The highest BCUT2D eigenvalue weighted by molar-refractivity contribution is 5.85. The minimum Gasteiger partial charge on any atom is -0.490 e. The molecular formula is C16H22N2O3. The minimum atomic E-state index is -0.598. The van der Waals surface area contributed by atoms with Crippen molar-refractivity contribution in [1.82, 2.24) is 9.88 Å². The second kappa shape index (κ2) is 6.02. The summed E-state index contributed by atoms with van der Waals surface area (Å²) in [6.07, 6.45) is 7.17. The van der Waals surface area contributed by atoms with Crippen molar-refractivity contribution in [2.24, 2.45) is 0 Å². The number of pyridine rings is 1. The maximum Gasteiger partial charge on any atom is 0.254 e. The lowest BCUT2D eigenvalue weighted by Crippen LogP contribution is -2.50. The third kappa shape index (κ3) is 3.18. The highest BCUT2D eigenvalue weighted by Gasteiger charge is 2.41. The second-order valence-corrected chi connectivity index (χ2v) is 5.98. The van der Waals surface area contributed by atoms with E-state index in [9.17, 15) is 4.79 Å². The molecule has 2 fully saturated rings. The Balaban J connectivity index is 1.52. The zero-order valence-electron chi connectivity index (χ0n) is 12.5. The van der Waals surface area contributed by atoms with E-state index in [0.717, 1.165) is 44.5 Å². The fraction of sp³-hybridized carbons (Fsp3) is 0.625. The van der Waals surface area contributed by atoms with Crippen LogP contribution >= 0.6 is 0 Å². The van der Waals surface area contributed by atoms with E-state index in [4.69, 9.17) is 9.47 Å². The van der Waals surface area contributed by atoms with Gasteiger partial charge in [0.15, 0.2) is 0 Å². The van der Waals surface area contributed by atoms with E-state index < -0.39 is 5.60 Å². The van der Waals surface area contributed by atoms with Crippen LogP contribution in [-0.4, -0.2) is 47.2 Å². The van der Waals surface area contributed by atoms with Crippen molar-refractivity contribution >= 4 is 5.91 Å². The molecule has 5 nitrogen and oxygen atoms in total. The third-order valence-electron chi connectivity index (χ3n) is 4.35. The van der Waals surface area contributed by atoms with Gasteiger partial charge in [0.1, 0.15) is 17.5 Å². The Bertz CT molecular complexity index is 478. The minimum absolute atomic E-state index is 0.141. The van der Waals surface area contributed by atoms with Crippen molar-refractivity contribution in [3.63, 3.8) is 0 Å². The average Bonchev–Trinajstić information content (AvgIpc) is 2.96. The number of carbonyl (C=O) groups excluding carboxylic acids is 1. The summed E-state index contributed by atoms with van der Waals surface area (Å²) in [4.78, 5) is 18.4. The van der Waals surface area contributed by atoms with Crippen molar-refractivity contribution in [2.75, 3.05) is 19.7 Å². The van der Waals surface area contributed by atoms with Crippen LogP contribution in [0.1, 0.15) is 32.6 Å². The average molecular weight is 290 g/mol. The highest BCUT2D eigenvalue weighted by atomic mass is 16.5. The van der Waals surface area contributed by atoms with Crippen LogP contribution in [0.3, 0.4) is 0 Å². The van der Waals surface area contributed by atoms with Crippen LogP contribution in [0.25, 0.3) is 0 Å². The Morgan fingerprint density at radius 2 is 2.10 bits per heavy atom. The summed E-state index contributed by atoms with van der Waals surface area (Å²) in [5, 5.41) is 0. The molecule has 2 aliphatic heterocycles. The molecule has 0 spiro atoms. The van der Waals surface area contributed by atoms with Crippen LogP contribution in [0.5, 0.6) is 5.75 Å². The van der Waals surface area contributed by atoms with E-state index in [1.165, 1.54) is 0 Å². The Kier molecular flexibility index (Phi) is 4.10. The number of nitrogens with zero attached hydrogens (tertiary/aromatic N) is 2. The predicted octanol–water partition coefficient (Wildman–Crippen LogP) is 2.02. The van der Waals surface area contributed by atoms with Gasteiger partial charge in [0, 0.05) is 44.9 Å². The fourth-order valence-electron chi connectivity index (χ4n) is 3.07. The number of aromatic nitrogens is 1. The van der Waals surface area contributed by atoms with Crippen molar-refractivity contribution in [3.05, 3.63) is 24.5 Å². The van der Waals surface area contributed by atoms with Crippen molar-refractivity contribution in [1.29, 1.82) is 0 Å². The maximum absolute atomic E-state index is 12.5. The molecule has 0 aliphatic carbocycles. The molecule has 0 N–H and O–H groups in total. The zero-order valence-corrected chi connectivity index (χ0v) is 12.5. The lowest BCUT2D eigenvalue weighted by molar-refractivity contribution is -0.152. The van der Waals surface area contributed by atoms with Crippen LogP contribution in [-0.2, 0) is 9.53 Å². The Morgan fingerprint density at radius 1 is 1.38 bits per heavy atom. The van der Waals surface area contributed by atoms with Crippen LogP contribution in [0.2, 0.25) is 0 Å². The number of ether oxygens (including phenoxy) is 2. The molecule has 3 heterocycles. The summed E-state index contributed by atoms with van der Waals surface area (Å²) in [6, 6.07) is 3.73. The van der Waals surface area contributed by atoms with Crippen LogP contribution in [0, 0.1) is 0 Å². The monoisotopic (exact) mass is 290 g/mol. The number of piperidine rings is 1. The van der Waals surface area contributed by atoms with Gasteiger partial charge in [0.2, 0.25) is 0 Å². The van der Waals surface area contributed by atoms with Crippen molar-refractivity contribution in [3.8, 4) is 5.75 Å². The molecule has 2 saturated heterocycles. The molecule has 2 aliphatic rings. The normalized spacial score (nSPS) is 26.8. The molecule has 1 aromatic rings. The summed E-state index contributed by atoms with van der Waals surface area (Å²) in [5.74, 6) is 0.989. The summed E-state index contributed by atoms with van der Waals surface area (Å²) in [6.45, 7) is 4.10. The molecule has 0 aromatic carbocycles. The summed E-state index contributed by atoms with van der Waals surface area (Å²) in [5.41, 5.74) is -0.598. The number of amides is 1. The van der Waals surface area contributed by atoms with Gasteiger partial charge in [0.25, 0.3) is 5.91 Å². The number of likely N-dealkylation sites (tertiary alicyclic amines) is 1. The van der Waals surface area contributed by atoms with Gasteiger partial charge in [-0.1, -0.05) is 0 Å². The van der Waals surface area contributed by atoms with Crippen molar-refractivity contribution in [2.45, 2.75) is 44.3 Å². The van der Waals surface area contributed by atoms with E-state index >= 15 is 0 Å². The van der Waals surface area contributed by atoms with Crippen LogP contribution in [0.15, 0.2) is 24.5 Å². The molecule has 0 bridgehead atoms. The number of hydrogen-bond donors (Lipinski definition) is 0. The van der Waals surface area contributed by atoms with Crippen molar-refractivity contribution < 1.29 is 14.3 Å². The molecule has 5 heteroatoms. The van der Waals surface area contributed by atoms with Gasteiger partial charge in [-0.15, -0.1) is 0 Å². The van der Waals surface area contributed by atoms with Gasteiger partial charge >= 0.3 is 0 Å². The SMILES string of the molecule is C[C@]1(C(=O)N2CCC(Oc3ccncc3)CC2)CCCO1. The number of rotatable bonds is 3. The van der Waals surface area contributed by atoms with E-state index in [2.05, 4.69) is 4.98 Å². The Morgan fingerprint density at radius 3 is 2.71 bits per heavy atom. The first-order valence-electron chi connectivity index (χ1n) is 7.67. The van der Waals surface area contributed by atoms with Crippen LogP contribution < -0.4 is 4.74 Å². The molecule has 21 heavy (non-hydrogen) atoms. The molecule has 1 aromatic heterocycles. The first-order chi connectivity index (χ1) is 10.2. The fourth-order valence-corrected chi connectivity index (χ4v) is 3.07. The molecule has 1 atom stereocenters. The van der Waals surface area contributed by atoms with Gasteiger partial charge in [-0.3, -0.25) is 9.78 Å². The Hall–Kier alpha value is -1.62. The smallest absolute Gasteiger partial charge is 0.254 e. The van der Waals surface area contributed by atoms with Gasteiger partial charge in [-0.2, -0.15) is 0 Å². The summed E-state index contributed by atoms with van der Waals surface area (Å²) >= 11 is 0. The first kappa shape index (κ1) is 14.3. The molecular weight excluding hydrogens is 268 g/mol. The molecule has 0 saturated carbocycles. The topological polar surface area (TPSA) is 51.7 Å². The van der Waals surface area contributed by atoms with Gasteiger partial charge < -0.3 is 14.4 Å². The summed E-state index contributed by atoms with van der Waals surface area (Å²) < 4.78 is 11.6. The predicted molar refractivity (Wildman–Crippen MR) is 78.1 cm³/mol. The highest BCUT2D eigenvalue weighted by Crippen LogP contribution is 2.29. The third-order valence-corrected chi connectivity index (χ3v) is 4.35. The van der Waals surface area contributed by atoms with E-state index in [0.29, 0.717) is 6.61 Å². The summed E-state index contributed by atoms with van der Waals surface area (Å²) in [7, 11) is 0. The zero-order chi connectivity index (χ0) is 14.7. The lowest BCUT2D eigenvalue weighted by Gasteiger charge is -2.36. The quantitative estimate of drug-likeness (QED) is 0.854. The maximum atomic E-state index is 12.5. The second-order valence-electron chi connectivity index (χ2n) is 5.98. The van der Waals surface area contributed by atoms with E-state index in [1.807, 2.05) is 24.0 Å². The van der Waals surface area contributed by atoms with E-state index in [-0.39, 0.29) is 12.0 Å². The standard InChI is InChI=1S/C16H22N2O3/c1-16(7-2-12-20-16)15(19)18-10-5-14(6-11-18)21-13-3-8-17-9-4-13/h3-4,8-9,14H,2,5-7,10-12H2,1H3/t16-/m1/s1. The number of hydrogen-bond acceptors (Lipinski definition) is 4. The first-order valence-corrected chi connectivity index (χ1v) is 7.67. The molecule has 0 unspecified atom stereocenters. The molecule has 114 valence electrons.